The summed E-state index contributed by atoms with van der Waals surface area (Å²) in [6.45, 7) is 2.00. The Morgan fingerprint density at radius 1 is 1.50 bits per heavy atom. The summed E-state index contributed by atoms with van der Waals surface area (Å²) in [7, 11) is 0. The van der Waals surface area contributed by atoms with Crippen LogP contribution >= 0.6 is 11.3 Å². The molecule has 2 rings (SSSR count). The van der Waals surface area contributed by atoms with E-state index in [0.717, 1.165) is 21.3 Å². The van der Waals surface area contributed by atoms with Crippen LogP contribution in [0.3, 0.4) is 0 Å². The van der Waals surface area contributed by atoms with E-state index in [0.29, 0.717) is 0 Å². The minimum atomic E-state index is 0.720. The van der Waals surface area contributed by atoms with E-state index in [4.69, 9.17) is 5.26 Å². The van der Waals surface area contributed by atoms with Crippen LogP contribution < -0.4 is 0 Å². The molecule has 0 unspecified atom stereocenters. The van der Waals surface area contributed by atoms with Gasteiger partial charge in [0.1, 0.15) is 6.07 Å². The molecule has 0 fully saturated rings. The zero-order valence-electron chi connectivity index (χ0n) is 6.53. The van der Waals surface area contributed by atoms with Crippen molar-refractivity contribution < 1.29 is 0 Å². The number of aromatic nitrogens is 1. The minimum Gasteiger partial charge on any atom is -0.244 e. The van der Waals surface area contributed by atoms with Gasteiger partial charge in [-0.25, -0.2) is 4.98 Å². The summed E-state index contributed by atoms with van der Waals surface area (Å²) in [5, 5.41) is 8.77. The maximum atomic E-state index is 8.77. The molecular weight excluding hydrogens is 168 g/mol. The van der Waals surface area contributed by atoms with Crippen molar-refractivity contribution in [3.63, 3.8) is 0 Å². The van der Waals surface area contributed by atoms with Crippen LogP contribution in [-0.4, -0.2) is 4.98 Å². The number of rotatable bonds is 0. The molecule has 3 heteroatoms. The van der Waals surface area contributed by atoms with Crippen molar-refractivity contribution in [1.29, 1.82) is 5.26 Å². The maximum Gasteiger partial charge on any atom is 0.101 e. The maximum absolute atomic E-state index is 8.77. The van der Waals surface area contributed by atoms with Gasteiger partial charge in [-0.1, -0.05) is 6.07 Å². The Morgan fingerprint density at radius 2 is 2.33 bits per heavy atom. The van der Waals surface area contributed by atoms with Gasteiger partial charge in [0.2, 0.25) is 0 Å². The lowest BCUT2D eigenvalue weighted by Crippen LogP contribution is -1.79. The Kier molecular flexibility index (Phi) is 1.56. The molecule has 2 nitrogen and oxygen atoms in total. The number of aryl methyl sites for hydroxylation is 1. The van der Waals surface area contributed by atoms with Gasteiger partial charge >= 0.3 is 0 Å². The van der Waals surface area contributed by atoms with Crippen LogP contribution in [0.1, 0.15) is 11.1 Å². The highest BCUT2D eigenvalue weighted by Gasteiger charge is 2.04. The zero-order chi connectivity index (χ0) is 8.55. The summed E-state index contributed by atoms with van der Waals surface area (Å²) >= 11 is 1.52. The first-order valence-electron chi connectivity index (χ1n) is 3.56. The van der Waals surface area contributed by atoms with E-state index in [1.165, 1.54) is 11.3 Å². The zero-order valence-corrected chi connectivity index (χ0v) is 7.35. The summed E-state index contributed by atoms with van der Waals surface area (Å²) in [5.74, 6) is 0. The molecule has 0 saturated carbocycles. The van der Waals surface area contributed by atoms with Gasteiger partial charge in [0.15, 0.2) is 0 Å². The fourth-order valence-electron chi connectivity index (χ4n) is 1.17. The summed E-state index contributed by atoms with van der Waals surface area (Å²) in [5.41, 5.74) is 4.58. The number of thiazole rings is 1. The molecule has 0 aliphatic rings. The van der Waals surface area contributed by atoms with Gasteiger partial charge in [-0.3, -0.25) is 0 Å². The molecule has 0 atom stereocenters. The third-order valence-corrected chi connectivity index (χ3v) is 2.67. The van der Waals surface area contributed by atoms with E-state index in [9.17, 15) is 0 Å². The first-order valence-corrected chi connectivity index (χ1v) is 4.44. The molecule has 0 bridgehead atoms. The van der Waals surface area contributed by atoms with Crippen molar-refractivity contribution in [1.82, 2.24) is 4.98 Å². The Morgan fingerprint density at radius 3 is 3.08 bits per heavy atom. The predicted octanol–water partition coefficient (Wildman–Crippen LogP) is 2.48. The van der Waals surface area contributed by atoms with Crippen LogP contribution in [0.4, 0.5) is 0 Å². The summed E-state index contributed by atoms with van der Waals surface area (Å²) in [6, 6.07) is 5.93. The minimum absolute atomic E-state index is 0.720. The normalized spacial score (nSPS) is 10.0. The molecule has 12 heavy (non-hydrogen) atoms. The number of benzene rings is 1. The van der Waals surface area contributed by atoms with Crippen LogP contribution in [0.2, 0.25) is 0 Å². The molecular formula is C9H6N2S. The lowest BCUT2D eigenvalue weighted by molar-refractivity contribution is 1.41. The number of nitrogens with zero attached hydrogens (tertiary/aromatic N) is 2. The molecule has 2 aromatic rings. The average Bonchev–Trinajstić information content (AvgIpc) is 2.54. The van der Waals surface area contributed by atoms with E-state index in [-0.39, 0.29) is 0 Å². The largest absolute Gasteiger partial charge is 0.244 e. The molecule has 0 aliphatic carbocycles. The van der Waals surface area contributed by atoms with Gasteiger partial charge in [-0.05, 0) is 18.6 Å². The molecule has 0 saturated heterocycles. The lowest BCUT2D eigenvalue weighted by atomic mass is 10.1. The average molecular weight is 174 g/mol. The number of hydrogen-bond donors (Lipinski definition) is 0. The Balaban J connectivity index is 2.94. The van der Waals surface area contributed by atoms with Crippen LogP contribution in [0.15, 0.2) is 17.6 Å². The third kappa shape index (κ3) is 0.892. The molecule has 0 N–H and O–H groups in total. The first-order chi connectivity index (χ1) is 5.83. The second-order valence-electron chi connectivity index (χ2n) is 2.57. The SMILES string of the molecule is Cc1ccc(C#N)c2scnc12. The highest BCUT2D eigenvalue weighted by Crippen LogP contribution is 2.24. The van der Waals surface area contributed by atoms with Gasteiger partial charge in [0, 0.05) is 0 Å². The van der Waals surface area contributed by atoms with Crippen molar-refractivity contribution >= 4 is 21.6 Å². The molecule has 0 aliphatic heterocycles. The lowest BCUT2D eigenvalue weighted by Gasteiger charge is -1.94. The third-order valence-electron chi connectivity index (χ3n) is 1.81. The fourth-order valence-corrected chi connectivity index (χ4v) is 2.00. The van der Waals surface area contributed by atoms with E-state index in [1.807, 2.05) is 19.1 Å². The monoisotopic (exact) mass is 174 g/mol. The summed E-state index contributed by atoms with van der Waals surface area (Å²) in [4.78, 5) is 4.19. The van der Waals surface area contributed by atoms with Gasteiger partial charge in [0.25, 0.3) is 0 Å². The number of nitriles is 1. The quantitative estimate of drug-likeness (QED) is 0.615. The Hall–Kier alpha value is -1.40. The second-order valence-corrected chi connectivity index (χ2v) is 3.43. The van der Waals surface area contributed by atoms with E-state index >= 15 is 0 Å². The standard InChI is InChI=1S/C9H6N2S/c1-6-2-3-7(4-10)9-8(6)11-5-12-9/h2-3,5H,1H3. The molecule has 58 valence electrons. The Bertz CT molecular complexity index is 465. The van der Waals surface area contributed by atoms with Gasteiger partial charge in [-0.2, -0.15) is 5.26 Å². The van der Waals surface area contributed by atoms with Crippen LogP contribution in [0.5, 0.6) is 0 Å². The number of hydrogen-bond acceptors (Lipinski definition) is 3. The van der Waals surface area contributed by atoms with Crippen LogP contribution in [0.25, 0.3) is 10.2 Å². The molecule has 0 spiro atoms. The fraction of sp³-hybridized carbons (Fsp3) is 0.111. The topological polar surface area (TPSA) is 36.7 Å². The molecule has 1 heterocycles. The van der Waals surface area contributed by atoms with Crippen molar-refractivity contribution in [2.45, 2.75) is 6.92 Å². The molecule has 1 aromatic carbocycles. The van der Waals surface area contributed by atoms with Gasteiger partial charge in [-0.15, -0.1) is 11.3 Å². The smallest absolute Gasteiger partial charge is 0.101 e. The summed E-state index contributed by atoms with van der Waals surface area (Å²) in [6.07, 6.45) is 0. The van der Waals surface area contributed by atoms with Crippen LogP contribution in [0, 0.1) is 18.3 Å². The van der Waals surface area contributed by atoms with Crippen molar-refractivity contribution in [2.75, 3.05) is 0 Å². The predicted molar refractivity (Wildman–Crippen MR) is 49.1 cm³/mol. The molecule has 0 radical (unpaired) electrons. The molecule has 1 aromatic heterocycles. The van der Waals surface area contributed by atoms with Crippen molar-refractivity contribution in [2.24, 2.45) is 0 Å². The van der Waals surface area contributed by atoms with E-state index in [1.54, 1.807) is 5.51 Å². The summed E-state index contributed by atoms with van der Waals surface area (Å²) < 4.78 is 0.998. The van der Waals surface area contributed by atoms with E-state index < -0.39 is 0 Å². The Labute approximate surface area is 74.1 Å². The van der Waals surface area contributed by atoms with Crippen LogP contribution in [-0.2, 0) is 0 Å². The number of fused-ring (bicyclic) bond motifs is 1. The second kappa shape index (κ2) is 2.58. The molecule has 0 amide bonds. The highest BCUT2D eigenvalue weighted by atomic mass is 32.1. The van der Waals surface area contributed by atoms with Crippen molar-refractivity contribution in [3.8, 4) is 6.07 Å². The van der Waals surface area contributed by atoms with Gasteiger partial charge < -0.3 is 0 Å². The van der Waals surface area contributed by atoms with E-state index in [2.05, 4.69) is 11.1 Å². The first kappa shape index (κ1) is 7.26. The van der Waals surface area contributed by atoms with Gasteiger partial charge in [0.05, 0.1) is 21.3 Å². The van der Waals surface area contributed by atoms with Crippen molar-refractivity contribution in [3.05, 3.63) is 28.8 Å². The highest BCUT2D eigenvalue weighted by molar-refractivity contribution is 7.17.